The number of rotatable bonds is 6. The number of nitrogens with one attached hydrogen (secondary N) is 1. The van der Waals surface area contributed by atoms with Gasteiger partial charge in [0.15, 0.2) is 0 Å². The maximum Gasteiger partial charge on any atom is 0.266 e. The monoisotopic (exact) mass is 441 g/mol. The number of amides is 3. The number of carbonyl (C=O) groups is 3. The number of hydrogen-bond donors (Lipinski definition) is 1. The highest BCUT2D eigenvalue weighted by Gasteiger charge is 2.37. The van der Waals surface area contributed by atoms with Gasteiger partial charge in [-0.05, 0) is 87.5 Å². The molecule has 0 unspecified atom stereocenters. The Morgan fingerprint density at radius 1 is 0.879 bits per heavy atom. The highest BCUT2D eigenvalue weighted by molar-refractivity contribution is 6.35. The van der Waals surface area contributed by atoms with Crippen LogP contribution in [-0.2, 0) is 6.42 Å². The Labute approximate surface area is 193 Å². The van der Waals surface area contributed by atoms with Crippen molar-refractivity contribution >= 4 is 29.1 Å². The zero-order valence-electron chi connectivity index (χ0n) is 19.3. The van der Waals surface area contributed by atoms with Crippen molar-refractivity contribution in [3.8, 4) is 0 Å². The summed E-state index contributed by atoms with van der Waals surface area (Å²) in [6.07, 6.45) is 0.930. The van der Waals surface area contributed by atoms with Crippen LogP contribution in [0.3, 0.4) is 0 Å². The molecule has 0 bridgehead atoms. The van der Waals surface area contributed by atoms with Crippen LogP contribution in [0.15, 0.2) is 60.7 Å². The van der Waals surface area contributed by atoms with Gasteiger partial charge in [0.05, 0.1) is 16.8 Å². The third-order valence-corrected chi connectivity index (χ3v) is 5.81. The molecule has 0 saturated carbocycles. The van der Waals surface area contributed by atoms with Crippen molar-refractivity contribution in [1.29, 1.82) is 0 Å². The second-order valence-electron chi connectivity index (χ2n) is 8.70. The average molecular weight is 442 g/mol. The van der Waals surface area contributed by atoms with Crippen LogP contribution >= 0.6 is 0 Å². The molecule has 0 aliphatic carbocycles. The Morgan fingerprint density at radius 2 is 1.58 bits per heavy atom. The second-order valence-corrected chi connectivity index (χ2v) is 8.70. The number of aryl methyl sites for hydroxylation is 2. The highest BCUT2D eigenvalue weighted by atomic mass is 16.2. The van der Waals surface area contributed by atoms with E-state index in [0.29, 0.717) is 22.5 Å². The Morgan fingerprint density at radius 3 is 2.27 bits per heavy atom. The molecule has 0 radical (unpaired) electrons. The number of nitrogens with zero attached hydrogens (tertiary/aromatic N) is 2. The first-order valence-electron chi connectivity index (χ1n) is 10.9. The van der Waals surface area contributed by atoms with E-state index in [1.54, 1.807) is 12.1 Å². The van der Waals surface area contributed by atoms with Gasteiger partial charge in [0.25, 0.3) is 17.7 Å². The summed E-state index contributed by atoms with van der Waals surface area (Å²) in [5, 5.41) is 2.87. The molecule has 3 aromatic carbocycles. The van der Waals surface area contributed by atoms with Crippen LogP contribution in [0.2, 0.25) is 0 Å². The second kappa shape index (κ2) is 9.00. The summed E-state index contributed by atoms with van der Waals surface area (Å²) in [6.45, 7) is 4.73. The number of hydrogen-bond acceptors (Lipinski definition) is 4. The van der Waals surface area contributed by atoms with Crippen LogP contribution < -0.4 is 10.2 Å². The normalized spacial score (nSPS) is 12.9. The third-order valence-electron chi connectivity index (χ3n) is 5.81. The first kappa shape index (κ1) is 22.4. The fraction of sp³-hybridized carbons (Fsp3) is 0.222. The summed E-state index contributed by atoms with van der Waals surface area (Å²) in [5.41, 5.74) is 5.11. The lowest BCUT2D eigenvalue weighted by Crippen LogP contribution is -2.30. The van der Waals surface area contributed by atoms with Gasteiger partial charge in [0, 0.05) is 17.8 Å². The summed E-state index contributed by atoms with van der Waals surface area (Å²) in [4.78, 5) is 42.2. The predicted molar refractivity (Wildman–Crippen MR) is 130 cm³/mol. The summed E-state index contributed by atoms with van der Waals surface area (Å²) in [7, 11) is 4.07. The zero-order chi connectivity index (χ0) is 23.7. The van der Waals surface area contributed by atoms with Crippen LogP contribution in [-0.4, -0.2) is 43.3 Å². The van der Waals surface area contributed by atoms with Crippen LogP contribution in [0.1, 0.15) is 47.8 Å². The Bertz CT molecular complexity index is 1250. The minimum Gasteiger partial charge on any atom is -0.322 e. The molecule has 4 rings (SSSR count). The van der Waals surface area contributed by atoms with Crippen LogP contribution in [0.4, 0.5) is 11.4 Å². The summed E-state index contributed by atoms with van der Waals surface area (Å²) in [5.74, 6) is -1.11. The molecular formula is C27H27N3O3. The van der Waals surface area contributed by atoms with E-state index in [2.05, 4.69) is 10.2 Å². The fourth-order valence-corrected chi connectivity index (χ4v) is 3.87. The quantitative estimate of drug-likeness (QED) is 0.574. The van der Waals surface area contributed by atoms with E-state index in [9.17, 15) is 14.4 Å². The minimum absolute atomic E-state index is 0.243. The molecule has 1 aliphatic rings. The molecule has 0 atom stereocenters. The SMILES string of the molecule is Cc1ccc(C)c(N2C(=O)c3ccc(C(=O)Nc4ccc(CCN(C)C)cc4)cc3C2=O)c1. The molecule has 3 aromatic rings. The van der Waals surface area contributed by atoms with Crippen LogP contribution in [0, 0.1) is 13.8 Å². The van der Waals surface area contributed by atoms with Crippen molar-refractivity contribution in [3.05, 3.63) is 94.0 Å². The van der Waals surface area contributed by atoms with Crippen LogP contribution in [0.5, 0.6) is 0 Å². The molecule has 6 heteroatoms. The van der Waals surface area contributed by atoms with Gasteiger partial charge in [-0.2, -0.15) is 0 Å². The van der Waals surface area contributed by atoms with Gasteiger partial charge in [-0.3, -0.25) is 14.4 Å². The van der Waals surface area contributed by atoms with Gasteiger partial charge in [-0.25, -0.2) is 4.90 Å². The zero-order valence-corrected chi connectivity index (χ0v) is 19.3. The minimum atomic E-state index is -0.413. The van der Waals surface area contributed by atoms with Crippen molar-refractivity contribution in [1.82, 2.24) is 4.90 Å². The Balaban J connectivity index is 1.53. The first-order chi connectivity index (χ1) is 15.7. The largest absolute Gasteiger partial charge is 0.322 e. The summed E-state index contributed by atoms with van der Waals surface area (Å²) < 4.78 is 0. The van der Waals surface area contributed by atoms with E-state index in [4.69, 9.17) is 0 Å². The molecule has 1 heterocycles. The van der Waals surface area contributed by atoms with Crippen molar-refractivity contribution in [2.24, 2.45) is 0 Å². The van der Waals surface area contributed by atoms with Gasteiger partial charge in [-0.1, -0.05) is 24.3 Å². The number of likely N-dealkylation sites (N-methyl/N-ethyl adjacent to an activating group) is 1. The Hall–Kier alpha value is -3.77. The third kappa shape index (κ3) is 4.56. The maximum atomic E-state index is 13.1. The van der Waals surface area contributed by atoms with E-state index < -0.39 is 5.91 Å². The van der Waals surface area contributed by atoms with E-state index >= 15 is 0 Å². The number of anilines is 2. The van der Waals surface area contributed by atoms with Gasteiger partial charge < -0.3 is 10.2 Å². The molecule has 1 aliphatic heterocycles. The smallest absolute Gasteiger partial charge is 0.266 e. The van der Waals surface area contributed by atoms with E-state index in [1.165, 1.54) is 16.5 Å². The molecule has 0 saturated heterocycles. The average Bonchev–Trinajstić information content (AvgIpc) is 3.04. The molecule has 0 aromatic heterocycles. The lowest BCUT2D eigenvalue weighted by atomic mass is 10.1. The highest BCUT2D eigenvalue weighted by Crippen LogP contribution is 2.32. The predicted octanol–water partition coefficient (Wildman–Crippen LogP) is 4.46. The summed E-state index contributed by atoms with van der Waals surface area (Å²) in [6, 6.07) is 18.0. The van der Waals surface area contributed by atoms with Crippen molar-refractivity contribution < 1.29 is 14.4 Å². The van der Waals surface area contributed by atoms with Gasteiger partial charge in [-0.15, -0.1) is 0 Å². The molecule has 1 N–H and O–H groups in total. The van der Waals surface area contributed by atoms with Gasteiger partial charge in [0.1, 0.15) is 0 Å². The van der Waals surface area contributed by atoms with Crippen molar-refractivity contribution in [2.45, 2.75) is 20.3 Å². The van der Waals surface area contributed by atoms with Crippen molar-refractivity contribution in [3.63, 3.8) is 0 Å². The molecule has 6 nitrogen and oxygen atoms in total. The molecule has 0 fully saturated rings. The molecule has 0 spiro atoms. The standard InChI is InChI=1S/C27H27N3O3/c1-17-5-6-18(2)24(15-17)30-26(32)22-12-9-20(16-23(22)27(30)33)25(31)28-21-10-7-19(8-11-21)13-14-29(3)4/h5-12,15-16H,13-14H2,1-4H3,(H,28,31). The molecule has 33 heavy (non-hydrogen) atoms. The lowest BCUT2D eigenvalue weighted by molar-refractivity contribution is 0.0925. The number of benzene rings is 3. The maximum absolute atomic E-state index is 13.1. The number of fused-ring (bicyclic) bond motifs is 1. The molecular weight excluding hydrogens is 414 g/mol. The van der Waals surface area contributed by atoms with E-state index in [0.717, 1.165) is 24.1 Å². The van der Waals surface area contributed by atoms with Gasteiger partial charge >= 0.3 is 0 Å². The topological polar surface area (TPSA) is 69.7 Å². The molecule has 3 amide bonds. The summed E-state index contributed by atoms with van der Waals surface area (Å²) >= 11 is 0. The molecule has 168 valence electrons. The van der Waals surface area contributed by atoms with Gasteiger partial charge in [0.2, 0.25) is 0 Å². The fourth-order valence-electron chi connectivity index (χ4n) is 3.87. The van der Waals surface area contributed by atoms with E-state index in [1.807, 2.05) is 70.4 Å². The van der Waals surface area contributed by atoms with Crippen LogP contribution in [0.25, 0.3) is 0 Å². The lowest BCUT2D eigenvalue weighted by Gasteiger charge is -2.17. The number of imide groups is 1. The van der Waals surface area contributed by atoms with Crippen molar-refractivity contribution in [2.75, 3.05) is 30.9 Å². The van der Waals surface area contributed by atoms with E-state index in [-0.39, 0.29) is 17.4 Å². The number of carbonyl (C=O) groups excluding carboxylic acids is 3. The first-order valence-corrected chi connectivity index (χ1v) is 10.9. The Kier molecular flexibility index (Phi) is 6.11.